The van der Waals surface area contributed by atoms with Crippen molar-refractivity contribution in [1.82, 2.24) is 0 Å². The fourth-order valence-corrected chi connectivity index (χ4v) is 0.736. The molecule has 0 aromatic carbocycles. The van der Waals surface area contributed by atoms with Gasteiger partial charge in [-0.2, -0.15) is 0 Å². The van der Waals surface area contributed by atoms with Crippen LogP contribution in [0.5, 0.6) is 0 Å². The molecule has 1 aliphatic heterocycles. The van der Waals surface area contributed by atoms with Crippen molar-refractivity contribution in [2.24, 2.45) is 0 Å². The molecule has 1 aliphatic rings. The zero-order valence-corrected chi connectivity index (χ0v) is 3.98. The molecule has 0 amide bonds. The van der Waals surface area contributed by atoms with Gasteiger partial charge in [0.05, 0.1) is 0 Å². The summed E-state index contributed by atoms with van der Waals surface area (Å²) in [6.45, 7) is 2.25. The first-order chi connectivity index (χ1) is 3.00. The summed E-state index contributed by atoms with van der Waals surface area (Å²) in [5.41, 5.74) is 0. The summed E-state index contributed by atoms with van der Waals surface area (Å²) >= 11 is 0. The Bertz CT molecular complexity index is 19.4. The fraction of sp³-hybridized carbons (Fsp3) is 1.00. The average Bonchev–Trinajstić information content (AvgIpc) is 1.72. The van der Waals surface area contributed by atoms with Crippen molar-refractivity contribution < 1.29 is 0 Å². The number of piperidine rings is 1. The Balaban J connectivity index is 2.00. The van der Waals surface area contributed by atoms with E-state index < -0.39 is 0 Å². The van der Waals surface area contributed by atoms with E-state index in [9.17, 15) is 0 Å². The van der Waals surface area contributed by atoms with Gasteiger partial charge in [-0.3, -0.25) is 0 Å². The molecule has 1 fully saturated rings. The minimum atomic E-state index is 1.12. The Morgan fingerprint density at radius 1 is 0.833 bits per heavy atom. The zero-order valence-electron chi connectivity index (χ0n) is 3.98. The highest BCUT2D eigenvalue weighted by Crippen LogP contribution is 2.07. The third-order valence-corrected chi connectivity index (χ3v) is 1.13. The Kier molecular flexibility index (Phi) is 1.51. The number of hydrogen-bond acceptors (Lipinski definition) is 0. The Morgan fingerprint density at radius 2 is 1.50 bits per heavy atom. The monoisotopic (exact) mass is 84.1 g/mol. The van der Waals surface area contributed by atoms with Crippen LogP contribution in [0.3, 0.4) is 0 Å². The maximum Gasteiger partial charge on any atom is -0.0566 e. The molecule has 0 radical (unpaired) electrons. The lowest BCUT2D eigenvalue weighted by Crippen LogP contribution is -1.96. The molecule has 0 aromatic rings. The van der Waals surface area contributed by atoms with E-state index in [1.54, 1.807) is 0 Å². The van der Waals surface area contributed by atoms with Crippen molar-refractivity contribution in [3.8, 4) is 0 Å². The fourth-order valence-electron chi connectivity index (χ4n) is 0.736. The van der Waals surface area contributed by atoms with Crippen LogP contribution in [0.4, 0.5) is 0 Å². The van der Waals surface area contributed by atoms with Crippen LogP contribution in [-0.2, 0) is 0 Å². The molecule has 0 unspecified atom stereocenters. The summed E-state index contributed by atoms with van der Waals surface area (Å²) in [5.74, 6) is 0. The highest BCUT2D eigenvalue weighted by molar-refractivity contribution is 4.82. The summed E-state index contributed by atoms with van der Waals surface area (Å²) in [5, 5.41) is 4.18. The van der Waals surface area contributed by atoms with Gasteiger partial charge in [-0.05, 0) is 0 Å². The summed E-state index contributed by atoms with van der Waals surface area (Å²) in [6.07, 6.45) is 4.07. The van der Waals surface area contributed by atoms with Crippen LogP contribution in [0, 0.1) is 0 Å². The standard InChI is InChI=1S/C5H10N/c1-2-4-6-5-3-1/h1-5H2/q-1. The highest BCUT2D eigenvalue weighted by atomic mass is 14.9. The topological polar surface area (TPSA) is 14.1 Å². The molecule has 1 rings (SSSR count). The Hall–Kier alpha value is -0.0400. The van der Waals surface area contributed by atoms with E-state index in [2.05, 4.69) is 5.32 Å². The van der Waals surface area contributed by atoms with Gasteiger partial charge in [0.15, 0.2) is 0 Å². The van der Waals surface area contributed by atoms with Gasteiger partial charge >= 0.3 is 0 Å². The lowest BCUT2D eigenvalue weighted by Gasteiger charge is -2.23. The second-order valence-electron chi connectivity index (χ2n) is 1.73. The number of rotatable bonds is 0. The van der Waals surface area contributed by atoms with Gasteiger partial charge in [0.1, 0.15) is 0 Å². The lowest BCUT2D eigenvalue weighted by atomic mass is 10.2. The van der Waals surface area contributed by atoms with E-state index in [1.807, 2.05) is 0 Å². The minimum absolute atomic E-state index is 1.12. The molecule has 1 nitrogen and oxygen atoms in total. The molecule has 1 saturated heterocycles. The van der Waals surface area contributed by atoms with E-state index in [1.165, 1.54) is 19.3 Å². The van der Waals surface area contributed by atoms with Crippen LogP contribution in [-0.4, -0.2) is 13.1 Å². The predicted octanol–water partition coefficient (Wildman–Crippen LogP) is 1.54. The third-order valence-electron chi connectivity index (χ3n) is 1.13. The van der Waals surface area contributed by atoms with Crippen molar-refractivity contribution in [2.45, 2.75) is 19.3 Å². The van der Waals surface area contributed by atoms with Crippen LogP contribution in [0.2, 0.25) is 0 Å². The van der Waals surface area contributed by atoms with E-state index in [4.69, 9.17) is 0 Å². The normalized spacial score (nSPS) is 24.0. The van der Waals surface area contributed by atoms with E-state index in [-0.39, 0.29) is 0 Å². The van der Waals surface area contributed by atoms with Crippen molar-refractivity contribution in [2.75, 3.05) is 13.1 Å². The largest absolute Gasteiger partial charge is 0.662 e. The molecule has 36 valence electrons. The highest BCUT2D eigenvalue weighted by Gasteiger charge is 1.84. The summed E-state index contributed by atoms with van der Waals surface area (Å²) < 4.78 is 0. The molecule has 1 heteroatoms. The molecule has 0 saturated carbocycles. The van der Waals surface area contributed by atoms with Gasteiger partial charge in [0.2, 0.25) is 0 Å². The quantitative estimate of drug-likeness (QED) is 0.422. The van der Waals surface area contributed by atoms with Gasteiger partial charge in [-0.25, -0.2) is 0 Å². The van der Waals surface area contributed by atoms with Crippen LogP contribution in [0.15, 0.2) is 0 Å². The summed E-state index contributed by atoms with van der Waals surface area (Å²) in [4.78, 5) is 0. The molecule has 0 aliphatic carbocycles. The van der Waals surface area contributed by atoms with E-state index >= 15 is 0 Å². The SMILES string of the molecule is C1CC[N-]CC1. The summed E-state index contributed by atoms with van der Waals surface area (Å²) in [6, 6.07) is 0. The molecule has 0 atom stereocenters. The van der Waals surface area contributed by atoms with Crippen LogP contribution in [0.1, 0.15) is 19.3 Å². The molecule has 0 spiro atoms. The number of nitrogens with zero attached hydrogens (tertiary/aromatic N) is 1. The zero-order chi connectivity index (χ0) is 4.24. The smallest absolute Gasteiger partial charge is 0.0566 e. The Labute approximate surface area is 38.7 Å². The van der Waals surface area contributed by atoms with Gasteiger partial charge in [0, 0.05) is 0 Å². The molecule has 0 N–H and O–H groups in total. The molecular formula is C5H10N-. The first-order valence-electron chi connectivity index (χ1n) is 2.63. The predicted molar refractivity (Wildman–Crippen MR) is 26.9 cm³/mol. The maximum atomic E-state index is 4.18. The second-order valence-corrected chi connectivity index (χ2v) is 1.73. The van der Waals surface area contributed by atoms with Crippen LogP contribution in [0.25, 0.3) is 5.32 Å². The summed E-state index contributed by atoms with van der Waals surface area (Å²) in [7, 11) is 0. The molecule has 0 aromatic heterocycles. The van der Waals surface area contributed by atoms with Gasteiger partial charge in [-0.15, -0.1) is 13.1 Å². The van der Waals surface area contributed by atoms with E-state index in [0.29, 0.717) is 0 Å². The van der Waals surface area contributed by atoms with Crippen molar-refractivity contribution in [3.05, 3.63) is 5.32 Å². The second kappa shape index (κ2) is 2.19. The average molecular weight is 84.1 g/mol. The van der Waals surface area contributed by atoms with E-state index in [0.717, 1.165) is 13.1 Å². The molecule has 0 bridgehead atoms. The van der Waals surface area contributed by atoms with Gasteiger partial charge in [-0.1, -0.05) is 19.3 Å². The molecule has 1 heterocycles. The first-order valence-corrected chi connectivity index (χ1v) is 2.63. The maximum absolute atomic E-state index is 4.18. The Morgan fingerprint density at radius 3 is 1.67 bits per heavy atom. The van der Waals surface area contributed by atoms with Crippen molar-refractivity contribution in [1.29, 1.82) is 0 Å². The first kappa shape index (κ1) is 4.13. The minimum Gasteiger partial charge on any atom is -0.662 e. The van der Waals surface area contributed by atoms with Gasteiger partial charge in [0.25, 0.3) is 0 Å². The number of hydrogen-bond donors (Lipinski definition) is 0. The lowest BCUT2D eigenvalue weighted by molar-refractivity contribution is 0.669. The van der Waals surface area contributed by atoms with Crippen molar-refractivity contribution >= 4 is 0 Å². The van der Waals surface area contributed by atoms with Crippen LogP contribution >= 0.6 is 0 Å². The van der Waals surface area contributed by atoms with Crippen LogP contribution < -0.4 is 0 Å². The van der Waals surface area contributed by atoms with Crippen molar-refractivity contribution in [3.63, 3.8) is 0 Å². The molecular weight excluding hydrogens is 74.1 g/mol. The van der Waals surface area contributed by atoms with Gasteiger partial charge < -0.3 is 5.32 Å². The molecule has 6 heavy (non-hydrogen) atoms. The third kappa shape index (κ3) is 0.977.